The molecule has 5 atom stereocenters. The summed E-state index contributed by atoms with van der Waals surface area (Å²) >= 11 is 5.97. The van der Waals surface area contributed by atoms with Crippen LogP contribution in [0.1, 0.15) is 28.8 Å². The summed E-state index contributed by atoms with van der Waals surface area (Å²) in [6, 6.07) is 13.7. The lowest BCUT2D eigenvalue weighted by molar-refractivity contribution is -0.915. The van der Waals surface area contributed by atoms with Crippen LogP contribution in [0, 0.1) is 18.8 Å². The molecule has 0 bridgehead atoms. The molecule has 3 aliphatic rings. The number of quaternary nitrogens is 1. The molecule has 2 aromatic rings. The van der Waals surface area contributed by atoms with E-state index in [0.717, 1.165) is 29.8 Å². The average Bonchev–Trinajstić information content (AvgIpc) is 3.35. The maximum atomic E-state index is 13.4. The number of aryl methyl sites for hydroxylation is 1. The minimum atomic E-state index is -0.590. The molecule has 5 nitrogen and oxygen atoms in total. The SMILES string of the molecule is Cc1ccc(N2C(=O)[C@@H]3[C@@H](C2=O)[C@@H](C(=O)c2ccc(Cl)cc2)[NH+]2CCC[C@H]32)cc1. The molecule has 0 radical (unpaired) electrons. The number of fused-ring (bicyclic) bond motifs is 3. The fourth-order valence-electron chi connectivity index (χ4n) is 5.48. The van der Waals surface area contributed by atoms with E-state index in [-0.39, 0.29) is 23.6 Å². The molecule has 3 heterocycles. The van der Waals surface area contributed by atoms with Gasteiger partial charge in [0.05, 0.1) is 12.2 Å². The number of carbonyl (C=O) groups is 3. The van der Waals surface area contributed by atoms with Crippen molar-refractivity contribution in [3.05, 3.63) is 64.7 Å². The van der Waals surface area contributed by atoms with Crippen molar-refractivity contribution in [2.45, 2.75) is 31.8 Å². The van der Waals surface area contributed by atoms with Gasteiger partial charge in [-0.3, -0.25) is 14.4 Å². The van der Waals surface area contributed by atoms with Gasteiger partial charge in [0.25, 0.3) is 0 Å². The van der Waals surface area contributed by atoms with Gasteiger partial charge in [-0.2, -0.15) is 0 Å². The largest absolute Gasteiger partial charge is 0.322 e. The zero-order chi connectivity index (χ0) is 20.3. The Labute approximate surface area is 174 Å². The fourth-order valence-corrected chi connectivity index (χ4v) is 5.61. The average molecular weight is 410 g/mol. The van der Waals surface area contributed by atoms with Crippen LogP contribution in [0.4, 0.5) is 5.69 Å². The van der Waals surface area contributed by atoms with Crippen LogP contribution in [0.5, 0.6) is 0 Å². The van der Waals surface area contributed by atoms with Gasteiger partial charge in [0.2, 0.25) is 17.6 Å². The predicted molar refractivity (Wildman–Crippen MR) is 109 cm³/mol. The molecule has 5 rings (SSSR count). The van der Waals surface area contributed by atoms with Gasteiger partial charge in [0, 0.05) is 23.4 Å². The first-order valence-corrected chi connectivity index (χ1v) is 10.4. The van der Waals surface area contributed by atoms with Gasteiger partial charge in [-0.25, -0.2) is 4.90 Å². The molecule has 2 aromatic carbocycles. The lowest BCUT2D eigenvalue weighted by Gasteiger charge is -2.25. The van der Waals surface area contributed by atoms with Crippen molar-refractivity contribution in [2.75, 3.05) is 11.4 Å². The van der Waals surface area contributed by atoms with E-state index in [2.05, 4.69) is 0 Å². The topological polar surface area (TPSA) is 58.9 Å². The molecule has 0 aliphatic carbocycles. The van der Waals surface area contributed by atoms with E-state index < -0.39 is 17.9 Å². The Morgan fingerprint density at radius 2 is 1.66 bits per heavy atom. The van der Waals surface area contributed by atoms with Crippen LogP contribution in [-0.2, 0) is 9.59 Å². The number of hydrogen-bond acceptors (Lipinski definition) is 3. The van der Waals surface area contributed by atoms with E-state index >= 15 is 0 Å². The number of Topliss-reactive ketones (excluding diaryl/α,β-unsaturated/α-hetero) is 1. The maximum Gasteiger partial charge on any atom is 0.244 e. The number of halogens is 1. The number of imide groups is 1. The van der Waals surface area contributed by atoms with Gasteiger partial charge >= 0.3 is 0 Å². The highest BCUT2D eigenvalue weighted by molar-refractivity contribution is 6.30. The first-order chi connectivity index (χ1) is 14.0. The first kappa shape index (κ1) is 18.5. The zero-order valence-electron chi connectivity index (χ0n) is 16.1. The molecule has 29 heavy (non-hydrogen) atoms. The summed E-state index contributed by atoms with van der Waals surface area (Å²) in [7, 11) is 0. The van der Waals surface area contributed by atoms with E-state index in [9.17, 15) is 14.4 Å². The molecule has 3 aliphatic heterocycles. The highest BCUT2D eigenvalue weighted by Gasteiger charge is 2.68. The second kappa shape index (κ2) is 6.78. The summed E-state index contributed by atoms with van der Waals surface area (Å²) in [4.78, 5) is 42.6. The van der Waals surface area contributed by atoms with Crippen molar-refractivity contribution in [1.29, 1.82) is 0 Å². The van der Waals surface area contributed by atoms with Gasteiger partial charge in [0.15, 0.2) is 6.04 Å². The van der Waals surface area contributed by atoms with Crippen LogP contribution >= 0.6 is 11.6 Å². The van der Waals surface area contributed by atoms with Crippen LogP contribution in [0.15, 0.2) is 48.5 Å². The van der Waals surface area contributed by atoms with E-state index in [1.807, 2.05) is 31.2 Å². The number of ketones is 1. The number of amides is 2. The van der Waals surface area contributed by atoms with Crippen molar-refractivity contribution in [2.24, 2.45) is 11.8 Å². The maximum absolute atomic E-state index is 13.4. The molecule has 0 aromatic heterocycles. The quantitative estimate of drug-likeness (QED) is 0.623. The molecule has 1 unspecified atom stereocenters. The Bertz CT molecular complexity index is 1000. The van der Waals surface area contributed by atoms with E-state index in [0.29, 0.717) is 16.3 Å². The van der Waals surface area contributed by atoms with E-state index in [1.54, 1.807) is 24.3 Å². The minimum absolute atomic E-state index is 0.0353. The predicted octanol–water partition coefficient (Wildman–Crippen LogP) is 2.07. The van der Waals surface area contributed by atoms with Crippen LogP contribution in [-0.4, -0.2) is 36.2 Å². The minimum Gasteiger partial charge on any atom is -0.322 e. The molecule has 0 saturated carbocycles. The monoisotopic (exact) mass is 409 g/mol. The molecule has 0 spiro atoms. The fraction of sp³-hybridized carbons (Fsp3) is 0.348. The summed E-state index contributed by atoms with van der Waals surface area (Å²) in [6.07, 6.45) is 1.85. The number of nitrogens with one attached hydrogen (secondary N) is 1. The number of hydrogen-bond donors (Lipinski definition) is 1. The molecule has 148 valence electrons. The van der Waals surface area contributed by atoms with E-state index in [4.69, 9.17) is 11.6 Å². The van der Waals surface area contributed by atoms with Gasteiger partial charge in [-0.05, 0) is 43.3 Å². The molecular formula is C23H22ClN2O3+. The Kier molecular flexibility index (Phi) is 4.33. The Morgan fingerprint density at radius 1 is 1.00 bits per heavy atom. The van der Waals surface area contributed by atoms with Crippen LogP contribution in [0.3, 0.4) is 0 Å². The van der Waals surface area contributed by atoms with Crippen molar-refractivity contribution in [3.63, 3.8) is 0 Å². The van der Waals surface area contributed by atoms with Crippen molar-refractivity contribution in [3.8, 4) is 0 Å². The standard InChI is InChI=1S/C23H21ClN2O3/c1-13-4-10-16(11-5-13)26-22(28)18-17-3-2-12-25(17)20(19(18)23(26)29)21(27)14-6-8-15(24)9-7-14/h4-11,17-20H,2-3,12H2,1H3/p+1/t17-,18+,19-,20+/m1/s1. The molecular weight excluding hydrogens is 388 g/mol. The van der Waals surface area contributed by atoms with Gasteiger partial charge < -0.3 is 4.90 Å². The second-order valence-electron chi connectivity index (χ2n) is 8.32. The lowest BCUT2D eigenvalue weighted by atomic mass is 9.85. The van der Waals surface area contributed by atoms with Crippen LogP contribution in [0.25, 0.3) is 0 Å². The van der Waals surface area contributed by atoms with Crippen molar-refractivity contribution in [1.82, 2.24) is 0 Å². The summed E-state index contributed by atoms with van der Waals surface area (Å²) in [5, 5.41) is 0.565. The molecule has 1 N–H and O–H groups in total. The van der Waals surface area contributed by atoms with Crippen LogP contribution in [0.2, 0.25) is 5.02 Å². The summed E-state index contributed by atoms with van der Waals surface area (Å²) < 4.78 is 0. The number of benzene rings is 2. The van der Waals surface area contributed by atoms with Crippen molar-refractivity contribution >= 4 is 34.9 Å². The second-order valence-corrected chi connectivity index (χ2v) is 8.76. The number of rotatable bonds is 3. The number of carbonyl (C=O) groups excluding carboxylic acids is 3. The summed E-state index contributed by atoms with van der Waals surface area (Å²) in [6.45, 7) is 2.79. The van der Waals surface area contributed by atoms with E-state index in [1.165, 1.54) is 4.90 Å². The molecule has 3 fully saturated rings. The Hall–Kier alpha value is -2.50. The zero-order valence-corrected chi connectivity index (χ0v) is 16.9. The van der Waals surface area contributed by atoms with Crippen LogP contribution < -0.4 is 9.80 Å². The Morgan fingerprint density at radius 3 is 2.34 bits per heavy atom. The molecule has 6 heteroatoms. The number of anilines is 1. The summed E-state index contributed by atoms with van der Waals surface area (Å²) in [5.74, 6) is -1.46. The number of nitrogens with zero attached hydrogens (tertiary/aromatic N) is 1. The third-order valence-corrected chi connectivity index (χ3v) is 7.00. The highest BCUT2D eigenvalue weighted by atomic mass is 35.5. The van der Waals surface area contributed by atoms with Crippen molar-refractivity contribution < 1.29 is 19.3 Å². The normalized spacial score (nSPS) is 30.6. The third-order valence-electron chi connectivity index (χ3n) is 6.75. The Balaban J connectivity index is 1.54. The molecule has 3 saturated heterocycles. The summed E-state index contributed by atoms with van der Waals surface area (Å²) in [5.41, 5.74) is 2.21. The van der Waals surface area contributed by atoms with Gasteiger partial charge in [0.1, 0.15) is 17.9 Å². The smallest absolute Gasteiger partial charge is 0.244 e. The van der Waals surface area contributed by atoms with Gasteiger partial charge in [-0.1, -0.05) is 29.3 Å². The first-order valence-electron chi connectivity index (χ1n) is 10.1. The van der Waals surface area contributed by atoms with Gasteiger partial charge in [-0.15, -0.1) is 0 Å². The molecule has 2 amide bonds. The lowest BCUT2D eigenvalue weighted by Crippen LogP contribution is -3.16. The third kappa shape index (κ3) is 2.75. The highest BCUT2D eigenvalue weighted by Crippen LogP contribution is 2.40.